The summed E-state index contributed by atoms with van der Waals surface area (Å²) in [5.74, 6) is -0.610. The zero-order chi connectivity index (χ0) is 12.0. The third-order valence-electron chi connectivity index (χ3n) is 2.88. The number of allylic oxidation sites excluding steroid dienone is 2. The summed E-state index contributed by atoms with van der Waals surface area (Å²) in [5.41, 5.74) is 0.924. The van der Waals surface area contributed by atoms with Crippen LogP contribution < -0.4 is 0 Å². The van der Waals surface area contributed by atoms with Crippen molar-refractivity contribution in [3.8, 4) is 0 Å². The summed E-state index contributed by atoms with van der Waals surface area (Å²) in [5, 5.41) is 9.61. The van der Waals surface area contributed by atoms with Gasteiger partial charge in [-0.25, -0.2) is 0 Å². The number of aliphatic hydroxyl groups is 1. The molecule has 1 atom stereocenters. The molecule has 1 aromatic carbocycles. The van der Waals surface area contributed by atoms with E-state index in [9.17, 15) is 14.7 Å². The molecule has 1 N–H and O–H groups in total. The summed E-state index contributed by atoms with van der Waals surface area (Å²) < 4.78 is 4.83. The molecule has 4 heteroatoms. The smallest absolute Gasteiger partial charge is 0.227 e. The Hall–Kier alpha value is -2.20. The predicted octanol–water partition coefficient (Wildman–Crippen LogP) is 1.22. The Balaban J connectivity index is 2.27. The first-order valence-electron chi connectivity index (χ1n) is 5.13. The molecule has 1 aliphatic heterocycles. The second-order valence-corrected chi connectivity index (χ2v) is 3.82. The second kappa shape index (κ2) is 3.40. The molecule has 1 heterocycles. The fourth-order valence-electron chi connectivity index (χ4n) is 2.07. The Morgan fingerprint density at radius 2 is 1.71 bits per heavy atom. The lowest BCUT2D eigenvalue weighted by Gasteiger charge is -2.24. The van der Waals surface area contributed by atoms with Crippen LogP contribution in [0, 0.1) is 0 Å². The van der Waals surface area contributed by atoms with Gasteiger partial charge in [-0.1, -0.05) is 24.3 Å². The van der Waals surface area contributed by atoms with E-state index in [1.54, 1.807) is 24.3 Å². The van der Waals surface area contributed by atoms with E-state index in [4.69, 9.17) is 4.74 Å². The summed E-state index contributed by atoms with van der Waals surface area (Å²) in [7, 11) is 0. The number of Topliss-reactive ketones (excluding diaryl/α,β-unsaturated/α-hetero) is 2. The van der Waals surface area contributed by atoms with Crippen molar-refractivity contribution in [2.45, 2.75) is 6.29 Å². The van der Waals surface area contributed by atoms with Crippen molar-refractivity contribution in [1.29, 1.82) is 0 Å². The van der Waals surface area contributed by atoms with E-state index in [2.05, 4.69) is 0 Å². The lowest BCUT2D eigenvalue weighted by atomic mass is 9.83. The fourth-order valence-corrected chi connectivity index (χ4v) is 2.07. The molecular formula is C13H8O4. The molecule has 0 spiro atoms. The molecule has 1 aromatic rings. The molecule has 84 valence electrons. The Labute approximate surface area is 96.8 Å². The summed E-state index contributed by atoms with van der Waals surface area (Å²) in [6.07, 6.45) is 1.28. The highest BCUT2D eigenvalue weighted by Gasteiger charge is 2.36. The zero-order valence-corrected chi connectivity index (χ0v) is 8.71. The van der Waals surface area contributed by atoms with Crippen molar-refractivity contribution in [1.82, 2.24) is 0 Å². The van der Waals surface area contributed by atoms with E-state index in [0.717, 1.165) is 0 Å². The normalized spacial score (nSPS) is 22.1. The van der Waals surface area contributed by atoms with Gasteiger partial charge in [0.25, 0.3) is 0 Å². The predicted molar refractivity (Wildman–Crippen MR) is 58.4 cm³/mol. The second-order valence-electron chi connectivity index (χ2n) is 3.82. The maximum Gasteiger partial charge on any atom is 0.227 e. The van der Waals surface area contributed by atoms with E-state index < -0.39 is 6.29 Å². The van der Waals surface area contributed by atoms with Crippen molar-refractivity contribution in [3.05, 3.63) is 58.9 Å². The van der Waals surface area contributed by atoms with E-state index in [0.29, 0.717) is 11.1 Å². The summed E-state index contributed by atoms with van der Waals surface area (Å²) in [6.45, 7) is 0. The van der Waals surface area contributed by atoms with E-state index in [1.807, 2.05) is 0 Å². The van der Waals surface area contributed by atoms with Gasteiger partial charge in [-0.15, -0.1) is 0 Å². The van der Waals surface area contributed by atoms with Gasteiger partial charge in [-0.05, 0) is 6.08 Å². The molecule has 1 unspecified atom stereocenters. The zero-order valence-electron chi connectivity index (χ0n) is 8.71. The van der Waals surface area contributed by atoms with E-state index in [1.165, 1.54) is 12.3 Å². The molecule has 0 bridgehead atoms. The largest absolute Gasteiger partial charge is 0.468 e. The SMILES string of the molecule is O=C1C2=C(C(=O)c3ccccc31)C(O)OC=C2. The highest BCUT2D eigenvalue weighted by atomic mass is 16.6. The number of carbonyl (C=O) groups is 2. The van der Waals surface area contributed by atoms with Crippen LogP contribution in [0.2, 0.25) is 0 Å². The molecule has 0 radical (unpaired) electrons. The van der Waals surface area contributed by atoms with Crippen LogP contribution in [0.5, 0.6) is 0 Å². The third-order valence-corrected chi connectivity index (χ3v) is 2.88. The number of aliphatic hydroxyl groups excluding tert-OH is 1. The number of hydrogen-bond acceptors (Lipinski definition) is 4. The topological polar surface area (TPSA) is 63.6 Å². The monoisotopic (exact) mass is 228 g/mol. The number of hydrogen-bond donors (Lipinski definition) is 1. The van der Waals surface area contributed by atoms with Crippen molar-refractivity contribution < 1.29 is 19.4 Å². The van der Waals surface area contributed by atoms with Crippen molar-refractivity contribution in [2.24, 2.45) is 0 Å². The Morgan fingerprint density at radius 1 is 1.06 bits per heavy atom. The van der Waals surface area contributed by atoms with Crippen LogP contribution in [-0.4, -0.2) is 23.0 Å². The van der Waals surface area contributed by atoms with Gasteiger partial charge in [0.2, 0.25) is 6.29 Å². The van der Waals surface area contributed by atoms with Gasteiger partial charge in [0.15, 0.2) is 11.6 Å². The van der Waals surface area contributed by atoms with Crippen LogP contribution in [0.3, 0.4) is 0 Å². The van der Waals surface area contributed by atoms with Crippen LogP contribution in [0.25, 0.3) is 0 Å². The van der Waals surface area contributed by atoms with Crippen LogP contribution in [0.1, 0.15) is 20.7 Å². The summed E-state index contributed by atoms with van der Waals surface area (Å²) in [6, 6.07) is 6.57. The molecule has 3 rings (SSSR count). The highest BCUT2D eigenvalue weighted by Crippen LogP contribution is 2.31. The Morgan fingerprint density at radius 3 is 2.41 bits per heavy atom. The van der Waals surface area contributed by atoms with Gasteiger partial charge in [0.05, 0.1) is 11.8 Å². The van der Waals surface area contributed by atoms with Crippen LogP contribution in [0.15, 0.2) is 47.7 Å². The lowest BCUT2D eigenvalue weighted by Crippen LogP contribution is -2.31. The van der Waals surface area contributed by atoms with Crippen LogP contribution >= 0.6 is 0 Å². The minimum atomic E-state index is -1.36. The number of carbonyl (C=O) groups excluding carboxylic acids is 2. The molecule has 0 saturated heterocycles. The Kier molecular flexibility index (Phi) is 2.00. The lowest BCUT2D eigenvalue weighted by molar-refractivity contribution is -0.0233. The van der Waals surface area contributed by atoms with E-state index in [-0.39, 0.29) is 22.7 Å². The minimum Gasteiger partial charge on any atom is -0.468 e. The molecule has 4 nitrogen and oxygen atoms in total. The van der Waals surface area contributed by atoms with Crippen molar-refractivity contribution >= 4 is 11.6 Å². The average Bonchev–Trinajstić information content (AvgIpc) is 2.36. The van der Waals surface area contributed by atoms with Gasteiger partial charge >= 0.3 is 0 Å². The third kappa shape index (κ3) is 1.28. The highest BCUT2D eigenvalue weighted by molar-refractivity contribution is 6.28. The van der Waals surface area contributed by atoms with Crippen LogP contribution in [-0.2, 0) is 4.74 Å². The van der Waals surface area contributed by atoms with Gasteiger partial charge < -0.3 is 9.84 Å². The van der Waals surface area contributed by atoms with E-state index >= 15 is 0 Å². The van der Waals surface area contributed by atoms with Gasteiger partial charge in [0.1, 0.15) is 0 Å². The maximum atomic E-state index is 12.1. The molecule has 1 aliphatic carbocycles. The molecule has 17 heavy (non-hydrogen) atoms. The van der Waals surface area contributed by atoms with Crippen molar-refractivity contribution in [2.75, 3.05) is 0 Å². The van der Waals surface area contributed by atoms with Crippen LogP contribution in [0.4, 0.5) is 0 Å². The number of ether oxygens (including phenoxy) is 1. The van der Waals surface area contributed by atoms with Gasteiger partial charge in [0, 0.05) is 16.7 Å². The van der Waals surface area contributed by atoms with Crippen molar-refractivity contribution in [3.63, 3.8) is 0 Å². The molecule has 0 amide bonds. The molecule has 0 fully saturated rings. The summed E-state index contributed by atoms with van der Waals surface area (Å²) in [4.78, 5) is 24.2. The fraction of sp³-hybridized carbons (Fsp3) is 0.0769. The number of benzene rings is 1. The van der Waals surface area contributed by atoms with Gasteiger partial charge in [-0.2, -0.15) is 0 Å². The number of fused-ring (bicyclic) bond motifs is 1. The standard InChI is InChI=1S/C13H8O4/c14-11-7-3-1-2-4-8(7)12(15)10-9(11)5-6-17-13(10)16/h1-6,13,16H. The number of rotatable bonds is 0. The average molecular weight is 228 g/mol. The molecule has 0 aromatic heterocycles. The first-order valence-corrected chi connectivity index (χ1v) is 5.13. The molecule has 0 saturated carbocycles. The maximum absolute atomic E-state index is 12.1. The first-order chi connectivity index (χ1) is 8.20. The first kappa shape index (κ1) is 9.99. The minimum absolute atomic E-state index is 0.0243. The summed E-state index contributed by atoms with van der Waals surface area (Å²) >= 11 is 0. The molecular weight excluding hydrogens is 220 g/mol. The number of ketones is 2. The Bertz CT molecular complexity index is 595. The molecule has 2 aliphatic rings. The quantitative estimate of drug-likeness (QED) is 0.725. The van der Waals surface area contributed by atoms with Gasteiger partial charge in [-0.3, -0.25) is 9.59 Å².